The lowest BCUT2D eigenvalue weighted by molar-refractivity contribution is 0.105. The molecule has 1 aliphatic heterocycles. The number of likely N-dealkylation sites (tertiary alicyclic amines) is 1. The summed E-state index contributed by atoms with van der Waals surface area (Å²) < 4.78 is 0. The van der Waals surface area contributed by atoms with E-state index in [2.05, 4.69) is 17.9 Å². The van der Waals surface area contributed by atoms with E-state index in [0.717, 1.165) is 23.6 Å². The Hall–Kier alpha value is -1.33. The first kappa shape index (κ1) is 12.7. The summed E-state index contributed by atoms with van der Waals surface area (Å²) in [6.45, 7) is 9.51. The van der Waals surface area contributed by atoms with Crippen LogP contribution in [0.1, 0.15) is 31.9 Å². The zero-order chi connectivity index (χ0) is 12.0. The largest absolute Gasteiger partial charge is 0.298 e. The van der Waals surface area contributed by atoms with Crippen LogP contribution >= 0.6 is 0 Å². The normalized spacial score (nSPS) is 15.6. The van der Waals surface area contributed by atoms with Crippen molar-refractivity contribution in [1.29, 1.82) is 5.26 Å². The summed E-state index contributed by atoms with van der Waals surface area (Å²) in [7, 11) is 0. The molecule has 0 unspecified atom stereocenters. The number of nitrogens with zero attached hydrogens (tertiary/aromatic N) is 2. The van der Waals surface area contributed by atoms with Crippen molar-refractivity contribution in [1.82, 2.24) is 4.90 Å². The zero-order valence-corrected chi connectivity index (χ0v) is 10.4. The highest BCUT2D eigenvalue weighted by Crippen LogP contribution is 2.19. The third-order valence-electron chi connectivity index (χ3n) is 2.67. The van der Waals surface area contributed by atoms with Gasteiger partial charge in [0.05, 0.1) is 11.6 Å². The molecule has 1 heterocycles. The topological polar surface area (TPSA) is 27.0 Å². The molecule has 1 saturated heterocycles. The summed E-state index contributed by atoms with van der Waals surface area (Å²) in [6.07, 6.45) is 0. The van der Waals surface area contributed by atoms with Crippen LogP contribution in [0.4, 0.5) is 0 Å². The first-order valence-electron chi connectivity index (χ1n) is 6.00. The molecule has 1 fully saturated rings. The molecule has 0 radical (unpaired) electrons. The first-order valence-corrected chi connectivity index (χ1v) is 6.00. The fraction of sp³-hybridized carbons (Fsp3) is 0.500. The van der Waals surface area contributed by atoms with Gasteiger partial charge >= 0.3 is 0 Å². The van der Waals surface area contributed by atoms with Gasteiger partial charge in [-0.15, -0.1) is 0 Å². The van der Waals surface area contributed by atoms with E-state index in [1.807, 2.05) is 38.1 Å². The second-order valence-corrected chi connectivity index (χ2v) is 4.07. The van der Waals surface area contributed by atoms with Crippen molar-refractivity contribution in [2.75, 3.05) is 13.1 Å². The highest BCUT2D eigenvalue weighted by Gasteiger charge is 2.22. The van der Waals surface area contributed by atoms with Crippen LogP contribution in [0.15, 0.2) is 24.3 Å². The molecule has 0 N–H and O–H groups in total. The van der Waals surface area contributed by atoms with Gasteiger partial charge in [0.25, 0.3) is 0 Å². The van der Waals surface area contributed by atoms with E-state index in [1.165, 1.54) is 13.1 Å². The van der Waals surface area contributed by atoms with Crippen molar-refractivity contribution >= 4 is 0 Å². The minimum atomic E-state index is 0.812. The SMILES string of the molecule is CC.CC1CN(Cc2ccccc2C#N)C1. The predicted molar refractivity (Wildman–Crippen MR) is 66.9 cm³/mol. The van der Waals surface area contributed by atoms with E-state index in [0.29, 0.717) is 0 Å². The van der Waals surface area contributed by atoms with Gasteiger partial charge in [-0.25, -0.2) is 0 Å². The van der Waals surface area contributed by atoms with Crippen LogP contribution in [-0.2, 0) is 6.54 Å². The maximum absolute atomic E-state index is 8.91. The lowest BCUT2D eigenvalue weighted by atomic mass is 10.0. The highest BCUT2D eigenvalue weighted by atomic mass is 15.2. The molecule has 0 bridgehead atoms. The third kappa shape index (κ3) is 3.08. The summed E-state index contributed by atoms with van der Waals surface area (Å²) >= 11 is 0. The highest BCUT2D eigenvalue weighted by molar-refractivity contribution is 5.37. The Labute approximate surface area is 98.5 Å². The Kier molecular flexibility index (Phi) is 5.01. The van der Waals surface area contributed by atoms with E-state index in [-0.39, 0.29) is 0 Å². The first-order chi connectivity index (χ1) is 7.79. The molecule has 1 aliphatic rings. The second-order valence-electron chi connectivity index (χ2n) is 4.07. The van der Waals surface area contributed by atoms with Crippen molar-refractivity contribution in [2.45, 2.75) is 27.3 Å². The van der Waals surface area contributed by atoms with Crippen molar-refractivity contribution in [3.63, 3.8) is 0 Å². The molecule has 0 spiro atoms. The standard InChI is InChI=1S/C12H14N2.C2H6/c1-10-7-14(8-10)9-12-5-3-2-4-11(12)6-13;1-2/h2-5,10H,7-9H2,1H3;1-2H3. The quantitative estimate of drug-likeness (QED) is 0.759. The molecule has 1 aromatic rings. The lowest BCUT2D eigenvalue weighted by Crippen LogP contribution is -2.44. The van der Waals surface area contributed by atoms with Crippen molar-refractivity contribution in [3.8, 4) is 6.07 Å². The van der Waals surface area contributed by atoms with Crippen LogP contribution in [-0.4, -0.2) is 18.0 Å². The van der Waals surface area contributed by atoms with Crippen LogP contribution < -0.4 is 0 Å². The third-order valence-corrected chi connectivity index (χ3v) is 2.67. The molecule has 0 aromatic heterocycles. The maximum atomic E-state index is 8.91. The number of hydrogen-bond donors (Lipinski definition) is 0. The molecular formula is C14H20N2. The van der Waals surface area contributed by atoms with Gasteiger partial charge in [-0.05, 0) is 17.5 Å². The molecule has 2 rings (SSSR count). The summed E-state index contributed by atoms with van der Waals surface area (Å²) in [6, 6.07) is 10.1. The van der Waals surface area contributed by atoms with Gasteiger partial charge < -0.3 is 0 Å². The van der Waals surface area contributed by atoms with Crippen molar-refractivity contribution < 1.29 is 0 Å². The summed E-state index contributed by atoms with van der Waals surface area (Å²) in [5.41, 5.74) is 1.97. The average molecular weight is 216 g/mol. The molecule has 86 valence electrons. The van der Waals surface area contributed by atoms with E-state index >= 15 is 0 Å². The minimum Gasteiger partial charge on any atom is -0.298 e. The smallest absolute Gasteiger partial charge is 0.0995 e. The van der Waals surface area contributed by atoms with Gasteiger partial charge in [0.1, 0.15) is 0 Å². The Morgan fingerprint density at radius 2 is 1.94 bits per heavy atom. The Morgan fingerprint density at radius 3 is 2.50 bits per heavy atom. The average Bonchev–Trinajstić information content (AvgIpc) is 2.30. The van der Waals surface area contributed by atoms with Crippen LogP contribution in [0.25, 0.3) is 0 Å². The van der Waals surface area contributed by atoms with Gasteiger partial charge in [-0.3, -0.25) is 4.90 Å². The number of nitriles is 1. The van der Waals surface area contributed by atoms with E-state index < -0.39 is 0 Å². The van der Waals surface area contributed by atoms with E-state index in [1.54, 1.807) is 0 Å². The predicted octanol–water partition coefficient (Wildman–Crippen LogP) is 3.04. The van der Waals surface area contributed by atoms with Crippen LogP contribution in [0.5, 0.6) is 0 Å². The minimum absolute atomic E-state index is 0.812. The van der Waals surface area contributed by atoms with Gasteiger partial charge in [0.2, 0.25) is 0 Å². The van der Waals surface area contributed by atoms with Crippen LogP contribution in [0.3, 0.4) is 0 Å². The van der Waals surface area contributed by atoms with Crippen molar-refractivity contribution in [2.24, 2.45) is 5.92 Å². The second kappa shape index (κ2) is 6.30. The van der Waals surface area contributed by atoms with Gasteiger partial charge in [0, 0.05) is 19.6 Å². The molecule has 0 atom stereocenters. The summed E-state index contributed by atoms with van der Waals surface area (Å²) in [4.78, 5) is 2.38. The lowest BCUT2D eigenvalue weighted by Gasteiger charge is -2.37. The number of rotatable bonds is 2. The number of benzene rings is 1. The van der Waals surface area contributed by atoms with Gasteiger partial charge in [-0.1, -0.05) is 39.0 Å². The molecule has 2 heteroatoms. The van der Waals surface area contributed by atoms with E-state index in [4.69, 9.17) is 5.26 Å². The van der Waals surface area contributed by atoms with Crippen LogP contribution in [0.2, 0.25) is 0 Å². The molecular weight excluding hydrogens is 196 g/mol. The van der Waals surface area contributed by atoms with E-state index in [9.17, 15) is 0 Å². The maximum Gasteiger partial charge on any atom is 0.0995 e. The zero-order valence-electron chi connectivity index (χ0n) is 10.4. The molecule has 0 saturated carbocycles. The fourth-order valence-electron chi connectivity index (χ4n) is 1.97. The monoisotopic (exact) mass is 216 g/mol. The Bertz CT molecular complexity index is 359. The molecule has 1 aromatic carbocycles. The Balaban J connectivity index is 0.000000606. The fourth-order valence-corrected chi connectivity index (χ4v) is 1.97. The molecule has 0 amide bonds. The summed E-state index contributed by atoms with van der Waals surface area (Å²) in [5, 5.41) is 8.91. The number of hydrogen-bond acceptors (Lipinski definition) is 2. The van der Waals surface area contributed by atoms with Crippen LogP contribution in [0, 0.1) is 17.2 Å². The molecule has 16 heavy (non-hydrogen) atoms. The van der Waals surface area contributed by atoms with Gasteiger partial charge in [0.15, 0.2) is 0 Å². The molecule has 0 aliphatic carbocycles. The Morgan fingerprint density at radius 1 is 1.31 bits per heavy atom. The van der Waals surface area contributed by atoms with Gasteiger partial charge in [-0.2, -0.15) is 5.26 Å². The van der Waals surface area contributed by atoms with Crippen molar-refractivity contribution in [3.05, 3.63) is 35.4 Å². The molecule has 2 nitrogen and oxygen atoms in total. The summed E-state index contributed by atoms with van der Waals surface area (Å²) in [5.74, 6) is 0.823.